The van der Waals surface area contributed by atoms with Crippen LogP contribution in [0.2, 0.25) is 0 Å². The Kier molecular flexibility index (Phi) is 3.96. The highest BCUT2D eigenvalue weighted by atomic mass is 16.8. The number of nitrogens with zero attached hydrogens (tertiary/aromatic N) is 3. The van der Waals surface area contributed by atoms with E-state index in [0.717, 1.165) is 0 Å². The van der Waals surface area contributed by atoms with Crippen LogP contribution in [0.15, 0.2) is 5.11 Å². The van der Waals surface area contributed by atoms with E-state index in [9.17, 15) is 4.79 Å². The highest BCUT2D eigenvalue weighted by Crippen LogP contribution is 2.39. The van der Waals surface area contributed by atoms with E-state index in [1.54, 1.807) is 13.8 Å². The molecule has 0 N–H and O–H groups in total. The first-order valence-electron chi connectivity index (χ1n) is 6.05. The molecule has 0 aromatic rings. The summed E-state index contributed by atoms with van der Waals surface area (Å²) < 4.78 is 21.8. The molecule has 0 aliphatic carbocycles. The van der Waals surface area contributed by atoms with Gasteiger partial charge in [-0.3, -0.25) is 4.79 Å². The van der Waals surface area contributed by atoms with E-state index < -0.39 is 18.0 Å². The van der Waals surface area contributed by atoms with Crippen molar-refractivity contribution in [3.8, 4) is 0 Å². The van der Waals surface area contributed by atoms with Crippen molar-refractivity contribution < 1.29 is 23.7 Å². The third-order valence-electron chi connectivity index (χ3n) is 3.17. The van der Waals surface area contributed by atoms with E-state index in [-0.39, 0.29) is 31.1 Å². The van der Waals surface area contributed by atoms with E-state index in [0.29, 0.717) is 0 Å². The largest absolute Gasteiger partial charge is 0.469 e. The summed E-state index contributed by atoms with van der Waals surface area (Å²) in [5.41, 5.74) is 8.38. The molecule has 0 bridgehead atoms. The highest BCUT2D eigenvalue weighted by Gasteiger charge is 2.55. The fourth-order valence-electron chi connectivity index (χ4n) is 2.45. The monoisotopic (exact) mass is 271 g/mol. The summed E-state index contributed by atoms with van der Waals surface area (Å²) in [4.78, 5) is 14.1. The number of rotatable bonds is 4. The van der Waals surface area contributed by atoms with Gasteiger partial charge in [0.2, 0.25) is 0 Å². The van der Waals surface area contributed by atoms with Crippen molar-refractivity contribution in [1.29, 1.82) is 0 Å². The minimum atomic E-state index is -0.734. The maximum atomic E-state index is 11.4. The average Bonchev–Trinajstić information content (AvgIpc) is 2.82. The standard InChI is InChI=1S/C11H17N3O5/c1-11(2)18-9-6(4-8(15)16-3)17-7(5-13-14-12)10(9)19-11/h6-7,9-10H,4-5H2,1-3H3/t6-,7-,9+,10-/m1/s1. The summed E-state index contributed by atoms with van der Waals surface area (Å²) >= 11 is 0. The SMILES string of the molecule is COC(=O)C[C@H]1O[C@H](CN=[N+]=[N-])[C@H]2OC(C)(C)O[C@H]21. The van der Waals surface area contributed by atoms with E-state index in [4.69, 9.17) is 19.7 Å². The van der Waals surface area contributed by atoms with E-state index in [1.807, 2.05) is 0 Å². The molecule has 2 aliphatic heterocycles. The van der Waals surface area contributed by atoms with Gasteiger partial charge in [-0.25, -0.2) is 0 Å². The first-order chi connectivity index (χ1) is 8.96. The Labute approximate surface area is 110 Å². The van der Waals surface area contributed by atoms with Crippen molar-refractivity contribution in [3.63, 3.8) is 0 Å². The Hall–Kier alpha value is -1.34. The van der Waals surface area contributed by atoms with Crippen LogP contribution in [0.3, 0.4) is 0 Å². The number of ether oxygens (including phenoxy) is 4. The highest BCUT2D eigenvalue weighted by molar-refractivity contribution is 5.70. The molecule has 8 nitrogen and oxygen atoms in total. The van der Waals surface area contributed by atoms with Crippen molar-refractivity contribution in [1.82, 2.24) is 0 Å². The first-order valence-corrected chi connectivity index (χ1v) is 6.05. The topological polar surface area (TPSA) is 103 Å². The molecule has 19 heavy (non-hydrogen) atoms. The summed E-state index contributed by atoms with van der Waals surface area (Å²) in [7, 11) is 1.32. The lowest BCUT2D eigenvalue weighted by molar-refractivity contribution is -0.188. The molecule has 2 rings (SSSR count). The van der Waals surface area contributed by atoms with Crippen molar-refractivity contribution in [2.75, 3.05) is 13.7 Å². The molecular formula is C11H17N3O5. The van der Waals surface area contributed by atoms with Crippen LogP contribution in [0, 0.1) is 0 Å². The molecule has 0 radical (unpaired) electrons. The molecular weight excluding hydrogens is 254 g/mol. The van der Waals surface area contributed by atoms with Gasteiger partial charge in [-0.05, 0) is 19.4 Å². The van der Waals surface area contributed by atoms with Gasteiger partial charge in [0.25, 0.3) is 0 Å². The van der Waals surface area contributed by atoms with Gasteiger partial charge in [0.15, 0.2) is 5.79 Å². The van der Waals surface area contributed by atoms with Crippen LogP contribution in [0.25, 0.3) is 10.4 Å². The maximum absolute atomic E-state index is 11.4. The number of methoxy groups -OCH3 is 1. The second kappa shape index (κ2) is 5.34. The Morgan fingerprint density at radius 1 is 1.37 bits per heavy atom. The molecule has 2 saturated heterocycles. The number of hydrogen-bond acceptors (Lipinski definition) is 6. The van der Waals surface area contributed by atoms with Gasteiger partial charge in [-0.1, -0.05) is 5.11 Å². The summed E-state index contributed by atoms with van der Waals surface area (Å²) in [6, 6.07) is 0. The van der Waals surface area contributed by atoms with Crippen LogP contribution < -0.4 is 0 Å². The third kappa shape index (κ3) is 2.98. The van der Waals surface area contributed by atoms with Crippen LogP contribution in [0.4, 0.5) is 0 Å². The van der Waals surface area contributed by atoms with Crippen molar-refractivity contribution >= 4 is 5.97 Å². The van der Waals surface area contributed by atoms with Gasteiger partial charge in [0.1, 0.15) is 12.2 Å². The van der Waals surface area contributed by atoms with Gasteiger partial charge in [-0.15, -0.1) is 0 Å². The molecule has 8 heteroatoms. The van der Waals surface area contributed by atoms with Gasteiger partial charge in [0.05, 0.1) is 32.3 Å². The van der Waals surface area contributed by atoms with Gasteiger partial charge < -0.3 is 18.9 Å². The Morgan fingerprint density at radius 2 is 2.00 bits per heavy atom. The summed E-state index contributed by atoms with van der Waals surface area (Å²) in [6.07, 6.45) is -1.46. The lowest BCUT2D eigenvalue weighted by Gasteiger charge is -2.23. The lowest BCUT2D eigenvalue weighted by Crippen LogP contribution is -2.31. The van der Waals surface area contributed by atoms with E-state index in [2.05, 4.69) is 14.8 Å². The van der Waals surface area contributed by atoms with Crippen molar-refractivity contribution in [2.24, 2.45) is 5.11 Å². The minimum Gasteiger partial charge on any atom is -0.469 e. The Morgan fingerprint density at radius 3 is 2.58 bits per heavy atom. The molecule has 0 amide bonds. The molecule has 0 spiro atoms. The molecule has 106 valence electrons. The summed E-state index contributed by atoms with van der Waals surface area (Å²) in [5, 5.41) is 3.50. The first kappa shape index (κ1) is 14.1. The summed E-state index contributed by atoms with van der Waals surface area (Å²) in [5.74, 6) is -1.11. The van der Waals surface area contributed by atoms with Crippen LogP contribution in [0.5, 0.6) is 0 Å². The molecule has 4 atom stereocenters. The molecule has 2 heterocycles. The molecule has 0 aromatic carbocycles. The molecule has 2 aliphatic rings. The second-order valence-corrected chi connectivity index (χ2v) is 4.97. The normalized spacial score (nSPS) is 35.5. The second-order valence-electron chi connectivity index (χ2n) is 4.97. The number of carbonyl (C=O) groups is 1. The minimum absolute atomic E-state index is 0.0872. The van der Waals surface area contributed by atoms with E-state index in [1.165, 1.54) is 7.11 Å². The zero-order chi connectivity index (χ0) is 14.0. The number of carbonyl (C=O) groups excluding carboxylic acids is 1. The van der Waals surface area contributed by atoms with E-state index >= 15 is 0 Å². The van der Waals surface area contributed by atoms with Crippen molar-refractivity contribution in [2.45, 2.75) is 50.5 Å². The third-order valence-corrected chi connectivity index (χ3v) is 3.17. The molecule has 0 aromatic heterocycles. The maximum Gasteiger partial charge on any atom is 0.308 e. The predicted octanol–water partition coefficient (Wildman–Crippen LogP) is 1.15. The summed E-state index contributed by atoms with van der Waals surface area (Å²) in [6.45, 7) is 3.74. The molecule has 0 saturated carbocycles. The van der Waals surface area contributed by atoms with Crippen LogP contribution in [0.1, 0.15) is 20.3 Å². The number of hydrogen-bond donors (Lipinski definition) is 0. The predicted molar refractivity (Wildman–Crippen MR) is 63.1 cm³/mol. The number of fused-ring (bicyclic) bond motifs is 1. The molecule has 0 unspecified atom stereocenters. The zero-order valence-electron chi connectivity index (χ0n) is 11.1. The number of esters is 1. The Bertz CT molecular complexity index is 407. The van der Waals surface area contributed by atoms with Crippen molar-refractivity contribution in [3.05, 3.63) is 10.4 Å². The van der Waals surface area contributed by atoms with Gasteiger partial charge >= 0.3 is 5.97 Å². The lowest BCUT2D eigenvalue weighted by atomic mass is 10.1. The quantitative estimate of drug-likeness (QED) is 0.330. The number of azide groups is 1. The van der Waals surface area contributed by atoms with Gasteiger partial charge in [-0.2, -0.15) is 0 Å². The zero-order valence-corrected chi connectivity index (χ0v) is 11.1. The van der Waals surface area contributed by atoms with Crippen LogP contribution in [-0.2, 0) is 23.7 Å². The fourth-order valence-corrected chi connectivity index (χ4v) is 2.45. The van der Waals surface area contributed by atoms with Gasteiger partial charge in [0, 0.05) is 4.91 Å². The fraction of sp³-hybridized carbons (Fsp3) is 0.909. The Balaban J connectivity index is 2.10. The smallest absolute Gasteiger partial charge is 0.308 e. The van der Waals surface area contributed by atoms with Crippen LogP contribution in [-0.4, -0.2) is 49.8 Å². The van der Waals surface area contributed by atoms with Crippen LogP contribution >= 0.6 is 0 Å². The average molecular weight is 271 g/mol. The molecule has 2 fully saturated rings.